The normalized spacial score (nSPS) is 12.5. The topological polar surface area (TPSA) is 35.2 Å². The molecule has 2 N–H and O–H groups in total. The maximum absolute atomic E-state index is 5.79. The van der Waals surface area contributed by atoms with Crippen LogP contribution in [-0.2, 0) is 0 Å². The van der Waals surface area contributed by atoms with E-state index in [0.29, 0.717) is 11.6 Å². The Labute approximate surface area is 114 Å². The first-order valence-corrected chi connectivity index (χ1v) is 7.00. The van der Waals surface area contributed by atoms with E-state index in [1.165, 1.54) is 12.8 Å². The molecule has 1 aromatic rings. The molecule has 0 radical (unpaired) electrons. The van der Waals surface area contributed by atoms with Gasteiger partial charge in [-0.2, -0.15) is 0 Å². The highest BCUT2D eigenvalue weighted by Crippen LogP contribution is 2.35. The van der Waals surface area contributed by atoms with Gasteiger partial charge in [-0.05, 0) is 56.3 Å². The molecule has 2 nitrogen and oxygen atoms in total. The first kappa shape index (κ1) is 13.8. The molecule has 0 aromatic heterocycles. The number of rotatable bonds is 5. The standard InChI is InChI=1S/C12H17Br2NO/c1-3-4-8(2)7-16-12-10(13)5-9(15)6-11(12)14/h5-6,8H,3-4,7,15H2,1-2H3. The lowest BCUT2D eigenvalue weighted by molar-refractivity contribution is 0.249. The maximum Gasteiger partial charge on any atom is 0.147 e. The number of ether oxygens (including phenoxy) is 1. The minimum atomic E-state index is 0.571. The van der Waals surface area contributed by atoms with Crippen LogP contribution in [0.2, 0.25) is 0 Å². The zero-order valence-electron chi connectivity index (χ0n) is 9.59. The van der Waals surface area contributed by atoms with E-state index in [1.807, 2.05) is 12.1 Å². The van der Waals surface area contributed by atoms with Crippen molar-refractivity contribution in [2.75, 3.05) is 12.3 Å². The number of nitrogens with two attached hydrogens (primary N) is 1. The van der Waals surface area contributed by atoms with Crippen molar-refractivity contribution in [2.45, 2.75) is 26.7 Å². The van der Waals surface area contributed by atoms with E-state index in [-0.39, 0.29) is 0 Å². The lowest BCUT2D eigenvalue weighted by Crippen LogP contribution is -2.09. The Morgan fingerprint density at radius 1 is 1.31 bits per heavy atom. The molecular weight excluding hydrogens is 334 g/mol. The molecule has 0 heterocycles. The van der Waals surface area contributed by atoms with Gasteiger partial charge in [0.1, 0.15) is 5.75 Å². The second-order valence-electron chi connectivity index (χ2n) is 4.02. The summed E-state index contributed by atoms with van der Waals surface area (Å²) >= 11 is 6.90. The van der Waals surface area contributed by atoms with Crippen LogP contribution in [0.3, 0.4) is 0 Å². The fourth-order valence-electron chi connectivity index (χ4n) is 1.52. The molecule has 0 amide bonds. The quantitative estimate of drug-likeness (QED) is 0.787. The van der Waals surface area contributed by atoms with Crippen molar-refractivity contribution < 1.29 is 4.74 Å². The van der Waals surface area contributed by atoms with E-state index in [9.17, 15) is 0 Å². The number of hydrogen-bond donors (Lipinski definition) is 1. The molecular formula is C12H17Br2NO. The third-order valence-electron chi connectivity index (χ3n) is 2.31. The summed E-state index contributed by atoms with van der Waals surface area (Å²) in [4.78, 5) is 0. The molecule has 90 valence electrons. The molecule has 1 atom stereocenters. The summed E-state index contributed by atoms with van der Waals surface area (Å²) in [6.07, 6.45) is 2.37. The number of nitrogen functional groups attached to an aromatic ring is 1. The van der Waals surface area contributed by atoms with Gasteiger partial charge < -0.3 is 10.5 Å². The summed E-state index contributed by atoms with van der Waals surface area (Å²) in [6.45, 7) is 5.11. The first-order chi connectivity index (χ1) is 7.54. The van der Waals surface area contributed by atoms with Crippen LogP contribution in [0.15, 0.2) is 21.1 Å². The largest absolute Gasteiger partial charge is 0.491 e. The molecule has 0 spiro atoms. The van der Waals surface area contributed by atoms with Crippen LogP contribution < -0.4 is 10.5 Å². The first-order valence-electron chi connectivity index (χ1n) is 5.42. The zero-order chi connectivity index (χ0) is 12.1. The van der Waals surface area contributed by atoms with E-state index in [0.717, 1.165) is 21.3 Å². The zero-order valence-corrected chi connectivity index (χ0v) is 12.8. The van der Waals surface area contributed by atoms with Crippen molar-refractivity contribution in [1.29, 1.82) is 0 Å². The van der Waals surface area contributed by atoms with Gasteiger partial charge in [0.05, 0.1) is 15.6 Å². The SMILES string of the molecule is CCCC(C)COc1c(Br)cc(N)cc1Br. The second kappa shape index (κ2) is 6.50. The van der Waals surface area contributed by atoms with Crippen LogP contribution in [0.5, 0.6) is 5.75 Å². The highest BCUT2D eigenvalue weighted by Gasteiger charge is 2.09. The Balaban J connectivity index is 2.67. The van der Waals surface area contributed by atoms with E-state index >= 15 is 0 Å². The minimum Gasteiger partial charge on any atom is -0.491 e. The molecule has 4 heteroatoms. The molecule has 1 unspecified atom stereocenters. The summed E-state index contributed by atoms with van der Waals surface area (Å²) in [5, 5.41) is 0. The smallest absolute Gasteiger partial charge is 0.147 e. The van der Waals surface area contributed by atoms with Gasteiger partial charge in [-0.25, -0.2) is 0 Å². The summed E-state index contributed by atoms with van der Waals surface area (Å²) in [5.74, 6) is 1.40. The van der Waals surface area contributed by atoms with E-state index in [1.54, 1.807) is 0 Å². The molecule has 16 heavy (non-hydrogen) atoms. The van der Waals surface area contributed by atoms with Gasteiger partial charge in [-0.15, -0.1) is 0 Å². The molecule has 0 bridgehead atoms. The molecule has 1 aromatic carbocycles. The Hall–Kier alpha value is -0.220. The summed E-state index contributed by atoms with van der Waals surface area (Å²) in [5.41, 5.74) is 6.43. The Bertz CT molecular complexity index is 332. The Kier molecular flexibility index (Phi) is 5.62. The fraction of sp³-hybridized carbons (Fsp3) is 0.500. The van der Waals surface area contributed by atoms with Crippen LogP contribution >= 0.6 is 31.9 Å². The summed E-state index contributed by atoms with van der Waals surface area (Å²) in [7, 11) is 0. The van der Waals surface area contributed by atoms with Crippen molar-refractivity contribution >= 4 is 37.5 Å². The monoisotopic (exact) mass is 349 g/mol. The average Bonchev–Trinajstić information content (AvgIpc) is 2.16. The molecule has 0 aliphatic heterocycles. The van der Waals surface area contributed by atoms with Crippen molar-refractivity contribution in [1.82, 2.24) is 0 Å². The van der Waals surface area contributed by atoms with Crippen molar-refractivity contribution in [3.05, 3.63) is 21.1 Å². The third kappa shape index (κ3) is 3.98. The van der Waals surface area contributed by atoms with Crippen LogP contribution in [0.4, 0.5) is 5.69 Å². The number of benzene rings is 1. The van der Waals surface area contributed by atoms with Crippen LogP contribution in [0, 0.1) is 5.92 Å². The molecule has 0 saturated carbocycles. The highest BCUT2D eigenvalue weighted by atomic mass is 79.9. The number of anilines is 1. The van der Waals surface area contributed by atoms with Gasteiger partial charge >= 0.3 is 0 Å². The third-order valence-corrected chi connectivity index (χ3v) is 3.49. The van der Waals surface area contributed by atoms with E-state index < -0.39 is 0 Å². The molecule has 0 fully saturated rings. The van der Waals surface area contributed by atoms with Crippen molar-refractivity contribution in [3.8, 4) is 5.75 Å². The Morgan fingerprint density at radius 3 is 2.38 bits per heavy atom. The van der Waals surface area contributed by atoms with Crippen LogP contribution in [0.25, 0.3) is 0 Å². The summed E-state index contributed by atoms with van der Waals surface area (Å²) < 4.78 is 7.57. The van der Waals surface area contributed by atoms with Gasteiger partial charge in [0, 0.05) is 5.69 Å². The van der Waals surface area contributed by atoms with Gasteiger partial charge in [0.25, 0.3) is 0 Å². The van der Waals surface area contributed by atoms with E-state index in [4.69, 9.17) is 10.5 Å². The van der Waals surface area contributed by atoms with Crippen LogP contribution in [-0.4, -0.2) is 6.61 Å². The maximum atomic E-state index is 5.79. The van der Waals surface area contributed by atoms with Crippen molar-refractivity contribution in [3.63, 3.8) is 0 Å². The molecule has 0 saturated heterocycles. The highest BCUT2D eigenvalue weighted by molar-refractivity contribution is 9.11. The predicted octanol–water partition coefficient (Wildman–Crippen LogP) is 4.61. The molecule has 1 rings (SSSR count). The lowest BCUT2D eigenvalue weighted by Gasteiger charge is -2.15. The Morgan fingerprint density at radius 2 is 1.88 bits per heavy atom. The second-order valence-corrected chi connectivity index (χ2v) is 5.73. The lowest BCUT2D eigenvalue weighted by atomic mass is 10.1. The number of halogens is 2. The van der Waals surface area contributed by atoms with Gasteiger partial charge in [-0.1, -0.05) is 20.3 Å². The van der Waals surface area contributed by atoms with Gasteiger partial charge in [0.15, 0.2) is 0 Å². The average molecular weight is 351 g/mol. The minimum absolute atomic E-state index is 0.571. The van der Waals surface area contributed by atoms with Crippen LogP contribution in [0.1, 0.15) is 26.7 Å². The van der Waals surface area contributed by atoms with E-state index in [2.05, 4.69) is 45.7 Å². The number of hydrogen-bond acceptors (Lipinski definition) is 2. The fourth-order valence-corrected chi connectivity index (χ4v) is 2.97. The predicted molar refractivity (Wildman–Crippen MR) is 75.8 cm³/mol. The molecule has 0 aliphatic carbocycles. The molecule has 0 aliphatic rings. The summed E-state index contributed by atoms with van der Waals surface area (Å²) in [6, 6.07) is 3.70. The van der Waals surface area contributed by atoms with Gasteiger partial charge in [-0.3, -0.25) is 0 Å². The van der Waals surface area contributed by atoms with Gasteiger partial charge in [0.2, 0.25) is 0 Å². The van der Waals surface area contributed by atoms with Crippen molar-refractivity contribution in [2.24, 2.45) is 5.92 Å².